The first-order chi connectivity index (χ1) is 8.26. The van der Waals surface area contributed by atoms with Gasteiger partial charge in [-0.15, -0.1) is 0 Å². The van der Waals surface area contributed by atoms with E-state index in [9.17, 15) is 0 Å². The molecule has 0 N–H and O–H groups in total. The van der Waals surface area contributed by atoms with Gasteiger partial charge < -0.3 is 9.47 Å². The Morgan fingerprint density at radius 3 is 2.29 bits per heavy atom. The highest BCUT2D eigenvalue weighted by Gasteiger charge is 2.05. The first-order valence-electron chi connectivity index (χ1n) is 5.74. The van der Waals surface area contributed by atoms with Gasteiger partial charge in [-0.1, -0.05) is 28.1 Å². The van der Waals surface area contributed by atoms with E-state index in [1.54, 1.807) is 0 Å². The molecule has 0 aliphatic carbocycles. The van der Waals surface area contributed by atoms with E-state index < -0.39 is 0 Å². The van der Waals surface area contributed by atoms with E-state index in [4.69, 9.17) is 9.47 Å². The Kier molecular flexibility index (Phi) is 7.08. The Morgan fingerprint density at radius 2 is 1.76 bits per heavy atom. The van der Waals surface area contributed by atoms with Crippen molar-refractivity contribution in [2.24, 2.45) is 4.99 Å². The molecule has 3 nitrogen and oxygen atoms in total. The Balaban J connectivity index is 2.44. The molecule has 1 rings (SSSR count). The van der Waals surface area contributed by atoms with Crippen molar-refractivity contribution in [2.45, 2.75) is 20.1 Å². The van der Waals surface area contributed by atoms with E-state index in [1.165, 1.54) is 0 Å². The van der Waals surface area contributed by atoms with Crippen LogP contribution in [0.15, 0.2) is 33.7 Å². The van der Waals surface area contributed by atoms with Crippen LogP contribution in [0.5, 0.6) is 0 Å². The predicted octanol–water partition coefficient (Wildman–Crippen LogP) is 3.27. The lowest BCUT2D eigenvalue weighted by molar-refractivity contribution is -0.128. The fraction of sp³-hybridized carbons (Fsp3) is 0.462. The molecule has 0 saturated heterocycles. The van der Waals surface area contributed by atoms with Crippen LogP contribution >= 0.6 is 15.9 Å². The minimum atomic E-state index is -0.239. The molecule has 0 unspecified atom stereocenters. The quantitative estimate of drug-likeness (QED) is 0.571. The lowest BCUT2D eigenvalue weighted by Crippen LogP contribution is -2.20. The van der Waals surface area contributed by atoms with Crippen molar-refractivity contribution in [3.63, 3.8) is 0 Å². The van der Waals surface area contributed by atoms with Gasteiger partial charge in [0.25, 0.3) is 0 Å². The zero-order valence-electron chi connectivity index (χ0n) is 10.2. The maximum atomic E-state index is 5.40. The highest BCUT2D eigenvalue weighted by atomic mass is 79.9. The number of aliphatic imine (C=N–C) groups is 1. The molecule has 0 fully saturated rings. The Bertz CT molecular complexity index is 332. The van der Waals surface area contributed by atoms with Gasteiger partial charge in [0.05, 0.1) is 6.54 Å². The van der Waals surface area contributed by atoms with Crippen LogP contribution in [0.2, 0.25) is 0 Å². The fourth-order valence-corrected chi connectivity index (χ4v) is 1.58. The summed E-state index contributed by atoms with van der Waals surface area (Å²) in [7, 11) is 0. The zero-order valence-corrected chi connectivity index (χ0v) is 11.8. The van der Waals surface area contributed by atoms with E-state index >= 15 is 0 Å². The number of hydrogen-bond donors (Lipinski definition) is 0. The third kappa shape index (κ3) is 5.96. The number of ether oxygens (including phenoxy) is 2. The summed E-state index contributed by atoms with van der Waals surface area (Å²) in [6.45, 7) is 5.70. The molecule has 4 heteroatoms. The van der Waals surface area contributed by atoms with Gasteiger partial charge in [0, 0.05) is 23.9 Å². The van der Waals surface area contributed by atoms with Crippen LogP contribution in [0.25, 0.3) is 0 Å². The third-order valence-corrected chi connectivity index (χ3v) is 2.60. The van der Waals surface area contributed by atoms with E-state index in [0.29, 0.717) is 19.8 Å². The summed E-state index contributed by atoms with van der Waals surface area (Å²) < 4.78 is 11.9. The van der Waals surface area contributed by atoms with Crippen molar-refractivity contribution < 1.29 is 9.47 Å². The normalized spacial score (nSPS) is 11.5. The molecule has 0 saturated carbocycles. The molecule has 0 atom stereocenters. The highest BCUT2D eigenvalue weighted by molar-refractivity contribution is 9.10. The van der Waals surface area contributed by atoms with Crippen LogP contribution in [0.4, 0.5) is 0 Å². The first-order valence-corrected chi connectivity index (χ1v) is 6.54. The van der Waals surface area contributed by atoms with E-state index in [1.807, 2.05) is 44.3 Å². The number of rotatable bonds is 7. The van der Waals surface area contributed by atoms with Crippen LogP contribution in [0.1, 0.15) is 19.4 Å². The molecule has 94 valence electrons. The van der Waals surface area contributed by atoms with Gasteiger partial charge in [-0.3, -0.25) is 4.99 Å². The Hall–Kier alpha value is -0.710. The van der Waals surface area contributed by atoms with Crippen LogP contribution in [0, 0.1) is 0 Å². The van der Waals surface area contributed by atoms with E-state index in [-0.39, 0.29) is 6.29 Å². The molecule has 0 spiro atoms. The van der Waals surface area contributed by atoms with Gasteiger partial charge in [-0.05, 0) is 31.5 Å². The van der Waals surface area contributed by atoms with Crippen molar-refractivity contribution in [2.75, 3.05) is 19.8 Å². The second-order valence-corrected chi connectivity index (χ2v) is 4.30. The number of hydrogen-bond acceptors (Lipinski definition) is 3. The summed E-state index contributed by atoms with van der Waals surface area (Å²) in [5, 5.41) is 0. The molecule has 0 amide bonds. The summed E-state index contributed by atoms with van der Waals surface area (Å²) >= 11 is 3.39. The second kappa shape index (κ2) is 8.39. The summed E-state index contributed by atoms with van der Waals surface area (Å²) in [6.07, 6.45) is 1.59. The predicted molar refractivity (Wildman–Crippen MR) is 73.6 cm³/mol. The Morgan fingerprint density at radius 1 is 1.18 bits per heavy atom. The average molecular weight is 300 g/mol. The Labute approximate surface area is 111 Å². The molecule has 0 heterocycles. The molecule has 1 aromatic rings. The van der Waals surface area contributed by atoms with Gasteiger partial charge in [0.1, 0.15) is 0 Å². The van der Waals surface area contributed by atoms with Crippen LogP contribution in [-0.4, -0.2) is 32.3 Å². The van der Waals surface area contributed by atoms with Gasteiger partial charge in [0.15, 0.2) is 6.29 Å². The minimum absolute atomic E-state index is 0.239. The van der Waals surface area contributed by atoms with Gasteiger partial charge in [-0.25, -0.2) is 0 Å². The molecule has 17 heavy (non-hydrogen) atoms. The highest BCUT2D eigenvalue weighted by Crippen LogP contribution is 2.09. The smallest absolute Gasteiger partial charge is 0.176 e. The molecule has 0 bridgehead atoms. The van der Waals surface area contributed by atoms with Crippen molar-refractivity contribution in [3.05, 3.63) is 34.3 Å². The van der Waals surface area contributed by atoms with Crippen molar-refractivity contribution in [3.8, 4) is 0 Å². The van der Waals surface area contributed by atoms with E-state index in [2.05, 4.69) is 20.9 Å². The topological polar surface area (TPSA) is 30.8 Å². The molecular formula is C13H18BrNO2. The molecule has 0 aliphatic rings. The summed E-state index contributed by atoms with van der Waals surface area (Å²) in [6, 6.07) is 7.99. The number of halogens is 1. The maximum Gasteiger partial charge on any atom is 0.176 e. The van der Waals surface area contributed by atoms with Crippen LogP contribution in [0.3, 0.4) is 0 Å². The fourth-order valence-electron chi connectivity index (χ4n) is 1.32. The van der Waals surface area contributed by atoms with Gasteiger partial charge >= 0.3 is 0 Å². The monoisotopic (exact) mass is 299 g/mol. The first kappa shape index (κ1) is 14.4. The summed E-state index contributed by atoms with van der Waals surface area (Å²) in [4.78, 5) is 4.32. The standard InChI is InChI=1S/C13H18BrNO2/c1-3-16-13(17-4-2)10-15-9-11-5-7-12(14)8-6-11/h5-9,13H,3-4,10H2,1-2H3/b15-9+. The van der Waals surface area contributed by atoms with Crippen LogP contribution < -0.4 is 0 Å². The summed E-state index contributed by atoms with van der Waals surface area (Å²) in [5.74, 6) is 0. The van der Waals surface area contributed by atoms with Crippen molar-refractivity contribution in [1.29, 1.82) is 0 Å². The molecular weight excluding hydrogens is 282 g/mol. The number of nitrogens with zero attached hydrogens (tertiary/aromatic N) is 1. The zero-order chi connectivity index (χ0) is 12.5. The SMILES string of the molecule is CCOC(C/N=C/c1ccc(Br)cc1)OCC. The molecule has 0 aliphatic heterocycles. The average Bonchev–Trinajstić information content (AvgIpc) is 2.32. The third-order valence-electron chi connectivity index (χ3n) is 2.07. The van der Waals surface area contributed by atoms with Crippen LogP contribution in [-0.2, 0) is 9.47 Å². The summed E-state index contributed by atoms with van der Waals surface area (Å²) in [5.41, 5.74) is 1.07. The van der Waals surface area contributed by atoms with Crippen molar-refractivity contribution in [1.82, 2.24) is 0 Å². The van der Waals surface area contributed by atoms with Gasteiger partial charge in [-0.2, -0.15) is 0 Å². The second-order valence-electron chi connectivity index (χ2n) is 3.39. The number of benzene rings is 1. The molecule has 0 aromatic heterocycles. The lowest BCUT2D eigenvalue weighted by atomic mass is 10.2. The lowest BCUT2D eigenvalue weighted by Gasteiger charge is -2.13. The molecule has 1 aromatic carbocycles. The maximum absolute atomic E-state index is 5.40. The van der Waals surface area contributed by atoms with Crippen molar-refractivity contribution >= 4 is 22.1 Å². The largest absolute Gasteiger partial charge is 0.351 e. The molecule has 0 radical (unpaired) electrons. The van der Waals surface area contributed by atoms with Gasteiger partial charge in [0.2, 0.25) is 0 Å². The minimum Gasteiger partial charge on any atom is -0.351 e. The van der Waals surface area contributed by atoms with E-state index in [0.717, 1.165) is 10.0 Å².